The number of carbonyl (C=O) groups is 1. The molecule has 2 aromatic carbocycles. The first kappa shape index (κ1) is 14.9. The molecule has 106 valence electrons. The van der Waals surface area contributed by atoms with Crippen LogP contribution in [0.25, 0.3) is 10.8 Å². The molecular formula is C17H20ClNO. The Morgan fingerprint density at radius 3 is 2.60 bits per heavy atom. The number of nitrogens with one attached hydrogen (secondary N) is 1. The van der Waals surface area contributed by atoms with Crippen molar-refractivity contribution in [1.82, 2.24) is 5.32 Å². The summed E-state index contributed by atoms with van der Waals surface area (Å²) in [5, 5.41) is 5.19. The molecule has 1 atom stereocenters. The minimum Gasteiger partial charge on any atom is -0.347 e. The molecule has 0 aromatic heterocycles. The summed E-state index contributed by atoms with van der Waals surface area (Å²) in [6, 6.07) is 13.7. The number of carbonyl (C=O) groups excluding carboxylic acids is 1. The molecule has 0 saturated heterocycles. The molecule has 0 aliphatic rings. The summed E-state index contributed by atoms with van der Waals surface area (Å²) in [5.74, 6) is 0.511. The minimum atomic E-state index is -0.254. The highest BCUT2D eigenvalue weighted by atomic mass is 35.5. The van der Waals surface area contributed by atoms with Gasteiger partial charge in [-0.25, -0.2) is 0 Å². The Balaban J connectivity index is 2.32. The lowest BCUT2D eigenvalue weighted by molar-refractivity contribution is 0.0903. The average molecular weight is 290 g/mol. The van der Waals surface area contributed by atoms with E-state index in [1.165, 1.54) is 0 Å². The van der Waals surface area contributed by atoms with Crippen molar-refractivity contribution >= 4 is 28.3 Å². The van der Waals surface area contributed by atoms with Crippen LogP contribution in [-0.4, -0.2) is 17.3 Å². The summed E-state index contributed by atoms with van der Waals surface area (Å²) in [5.41, 5.74) is 0.466. The summed E-state index contributed by atoms with van der Waals surface area (Å²) in [7, 11) is 0. The van der Waals surface area contributed by atoms with E-state index in [4.69, 9.17) is 11.6 Å². The van der Waals surface area contributed by atoms with E-state index in [2.05, 4.69) is 12.2 Å². The second-order valence-electron chi connectivity index (χ2n) is 5.33. The molecule has 20 heavy (non-hydrogen) atoms. The number of amides is 1. The fourth-order valence-electron chi connectivity index (χ4n) is 2.30. The molecule has 0 aliphatic carbocycles. The van der Waals surface area contributed by atoms with Gasteiger partial charge in [0.25, 0.3) is 5.91 Å². The SMILES string of the molecule is CCC(C)(CCCl)NC(=O)c1cccc2ccccc12. The Morgan fingerprint density at radius 2 is 1.90 bits per heavy atom. The van der Waals surface area contributed by atoms with E-state index in [1.807, 2.05) is 49.4 Å². The molecule has 1 unspecified atom stereocenters. The molecule has 1 amide bonds. The molecule has 0 aliphatic heterocycles. The van der Waals surface area contributed by atoms with E-state index in [9.17, 15) is 4.79 Å². The second-order valence-corrected chi connectivity index (χ2v) is 5.71. The molecule has 0 saturated carbocycles. The number of hydrogen-bond acceptors (Lipinski definition) is 1. The zero-order chi connectivity index (χ0) is 14.6. The third-order valence-electron chi connectivity index (χ3n) is 3.88. The van der Waals surface area contributed by atoms with Gasteiger partial charge >= 0.3 is 0 Å². The first-order valence-electron chi connectivity index (χ1n) is 6.96. The summed E-state index contributed by atoms with van der Waals surface area (Å²) in [4.78, 5) is 12.6. The largest absolute Gasteiger partial charge is 0.347 e. The van der Waals surface area contributed by atoms with Crippen LogP contribution in [0.1, 0.15) is 37.0 Å². The number of alkyl halides is 1. The number of hydrogen-bond donors (Lipinski definition) is 1. The fraction of sp³-hybridized carbons (Fsp3) is 0.353. The van der Waals surface area contributed by atoms with Crippen LogP contribution in [0.5, 0.6) is 0 Å². The molecule has 0 fully saturated rings. The van der Waals surface area contributed by atoms with Crippen LogP contribution in [0.15, 0.2) is 42.5 Å². The van der Waals surface area contributed by atoms with Crippen molar-refractivity contribution in [2.24, 2.45) is 0 Å². The Morgan fingerprint density at radius 1 is 1.20 bits per heavy atom. The second kappa shape index (κ2) is 6.27. The molecular weight excluding hydrogens is 270 g/mol. The zero-order valence-corrected chi connectivity index (χ0v) is 12.7. The Labute approximate surface area is 125 Å². The highest BCUT2D eigenvalue weighted by molar-refractivity contribution is 6.18. The van der Waals surface area contributed by atoms with Crippen LogP contribution < -0.4 is 5.32 Å². The first-order valence-corrected chi connectivity index (χ1v) is 7.49. The number of rotatable bonds is 5. The van der Waals surface area contributed by atoms with E-state index < -0.39 is 0 Å². The van der Waals surface area contributed by atoms with Gasteiger partial charge in [0.1, 0.15) is 0 Å². The van der Waals surface area contributed by atoms with Gasteiger partial charge in [-0.15, -0.1) is 11.6 Å². The first-order chi connectivity index (χ1) is 9.59. The van der Waals surface area contributed by atoms with Gasteiger partial charge in [0.2, 0.25) is 0 Å². The maximum Gasteiger partial charge on any atom is 0.252 e. The fourth-order valence-corrected chi connectivity index (χ4v) is 2.72. The maximum atomic E-state index is 12.6. The van der Waals surface area contributed by atoms with Gasteiger partial charge in [-0.1, -0.05) is 43.3 Å². The predicted molar refractivity (Wildman–Crippen MR) is 85.4 cm³/mol. The lowest BCUT2D eigenvalue weighted by Crippen LogP contribution is -2.45. The Hall–Kier alpha value is -1.54. The van der Waals surface area contributed by atoms with Gasteiger partial charge in [0, 0.05) is 17.0 Å². The van der Waals surface area contributed by atoms with Crippen LogP contribution in [-0.2, 0) is 0 Å². The van der Waals surface area contributed by atoms with Crippen LogP contribution in [0.4, 0.5) is 0 Å². The molecule has 3 heteroatoms. The van der Waals surface area contributed by atoms with E-state index in [0.717, 1.165) is 29.2 Å². The standard InChI is InChI=1S/C17H20ClNO/c1-3-17(2,11-12-18)19-16(20)15-10-6-8-13-7-4-5-9-14(13)15/h4-10H,3,11-12H2,1-2H3,(H,19,20). The molecule has 0 radical (unpaired) electrons. The highest BCUT2D eigenvalue weighted by Gasteiger charge is 2.24. The zero-order valence-electron chi connectivity index (χ0n) is 11.9. The highest BCUT2D eigenvalue weighted by Crippen LogP contribution is 2.21. The lowest BCUT2D eigenvalue weighted by Gasteiger charge is -2.29. The summed E-state index contributed by atoms with van der Waals surface area (Å²) in [6.45, 7) is 4.11. The van der Waals surface area contributed by atoms with Gasteiger partial charge in [0.05, 0.1) is 0 Å². The summed E-state index contributed by atoms with van der Waals surface area (Å²) in [6.07, 6.45) is 1.62. The molecule has 0 bridgehead atoms. The van der Waals surface area contributed by atoms with Crippen molar-refractivity contribution in [2.75, 3.05) is 5.88 Å². The van der Waals surface area contributed by atoms with Crippen LogP contribution in [0, 0.1) is 0 Å². The number of halogens is 1. The van der Waals surface area contributed by atoms with E-state index >= 15 is 0 Å². The van der Waals surface area contributed by atoms with E-state index in [1.54, 1.807) is 0 Å². The number of benzene rings is 2. The van der Waals surface area contributed by atoms with Gasteiger partial charge in [-0.05, 0) is 36.6 Å². The molecule has 2 nitrogen and oxygen atoms in total. The van der Waals surface area contributed by atoms with Crippen LogP contribution >= 0.6 is 11.6 Å². The lowest BCUT2D eigenvalue weighted by atomic mass is 9.94. The Kier molecular flexibility index (Phi) is 4.66. The summed E-state index contributed by atoms with van der Waals surface area (Å²) < 4.78 is 0. The van der Waals surface area contributed by atoms with Crippen molar-refractivity contribution in [2.45, 2.75) is 32.2 Å². The van der Waals surface area contributed by atoms with Crippen LogP contribution in [0.3, 0.4) is 0 Å². The Bertz CT molecular complexity index is 605. The van der Waals surface area contributed by atoms with Crippen LogP contribution in [0.2, 0.25) is 0 Å². The van der Waals surface area contributed by atoms with Crippen molar-refractivity contribution in [1.29, 1.82) is 0 Å². The monoisotopic (exact) mass is 289 g/mol. The molecule has 0 spiro atoms. The maximum absolute atomic E-state index is 12.6. The van der Waals surface area contributed by atoms with Gasteiger partial charge < -0.3 is 5.32 Å². The predicted octanol–water partition coefficient (Wildman–Crippen LogP) is 4.37. The van der Waals surface area contributed by atoms with Crippen molar-refractivity contribution in [3.05, 3.63) is 48.0 Å². The number of fused-ring (bicyclic) bond motifs is 1. The van der Waals surface area contributed by atoms with E-state index in [-0.39, 0.29) is 11.4 Å². The normalized spacial score (nSPS) is 13.9. The molecule has 2 aromatic rings. The van der Waals surface area contributed by atoms with Crippen molar-refractivity contribution in [3.8, 4) is 0 Å². The van der Waals surface area contributed by atoms with Crippen molar-refractivity contribution < 1.29 is 4.79 Å². The van der Waals surface area contributed by atoms with Gasteiger partial charge in [-0.3, -0.25) is 4.79 Å². The third-order valence-corrected chi connectivity index (χ3v) is 4.07. The third kappa shape index (κ3) is 3.13. The topological polar surface area (TPSA) is 29.1 Å². The van der Waals surface area contributed by atoms with Crippen molar-refractivity contribution in [3.63, 3.8) is 0 Å². The average Bonchev–Trinajstić information content (AvgIpc) is 2.46. The molecule has 0 heterocycles. The molecule has 1 N–H and O–H groups in total. The minimum absolute atomic E-state index is 0.0312. The van der Waals surface area contributed by atoms with Gasteiger partial charge in [0.15, 0.2) is 0 Å². The smallest absolute Gasteiger partial charge is 0.252 e. The van der Waals surface area contributed by atoms with E-state index in [0.29, 0.717) is 5.88 Å². The summed E-state index contributed by atoms with van der Waals surface area (Å²) >= 11 is 5.84. The quantitative estimate of drug-likeness (QED) is 0.814. The molecule has 2 rings (SSSR count). The van der Waals surface area contributed by atoms with Gasteiger partial charge in [-0.2, -0.15) is 0 Å².